The van der Waals surface area contributed by atoms with E-state index >= 15 is 0 Å². The first-order valence-electron chi connectivity index (χ1n) is 7.66. The first kappa shape index (κ1) is 13.6. The highest BCUT2D eigenvalue weighted by molar-refractivity contribution is 5.84. The van der Waals surface area contributed by atoms with Gasteiger partial charge in [-0.3, -0.25) is 9.78 Å². The van der Waals surface area contributed by atoms with Crippen molar-refractivity contribution in [3.8, 4) is 0 Å². The zero-order valence-electron chi connectivity index (χ0n) is 12.1. The number of nitrogens with zero attached hydrogens (tertiary/aromatic N) is 2. The lowest BCUT2D eigenvalue weighted by Crippen LogP contribution is -2.45. The van der Waals surface area contributed by atoms with Crippen molar-refractivity contribution in [3.05, 3.63) is 30.1 Å². The summed E-state index contributed by atoms with van der Waals surface area (Å²) in [6.45, 7) is 4.67. The molecule has 4 nitrogen and oxygen atoms in total. The summed E-state index contributed by atoms with van der Waals surface area (Å²) in [6.07, 6.45) is 7.82. The molecular formula is C16H23N3O. The molecule has 2 aliphatic rings. The largest absolute Gasteiger partial charge is 0.335 e. The number of carbonyl (C=O) groups is 1. The molecule has 108 valence electrons. The van der Waals surface area contributed by atoms with Gasteiger partial charge in [0.05, 0.1) is 5.41 Å². The van der Waals surface area contributed by atoms with Crippen molar-refractivity contribution in [3.63, 3.8) is 0 Å². The van der Waals surface area contributed by atoms with Gasteiger partial charge in [0.15, 0.2) is 0 Å². The molecule has 1 atom stereocenters. The van der Waals surface area contributed by atoms with Crippen LogP contribution in [0.2, 0.25) is 0 Å². The number of aromatic nitrogens is 1. The molecule has 0 spiro atoms. The molecule has 0 radical (unpaired) electrons. The average molecular weight is 273 g/mol. The van der Waals surface area contributed by atoms with E-state index in [1.165, 1.54) is 5.56 Å². The summed E-state index contributed by atoms with van der Waals surface area (Å²) in [5, 5.41) is 3.37. The number of hydrogen-bond donors (Lipinski definition) is 1. The Morgan fingerprint density at radius 2 is 2.20 bits per heavy atom. The van der Waals surface area contributed by atoms with Gasteiger partial charge in [0.2, 0.25) is 5.91 Å². The predicted octanol–water partition coefficient (Wildman–Crippen LogP) is 1.96. The molecule has 1 aromatic heterocycles. The van der Waals surface area contributed by atoms with E-state index in [0.29, 0.717) is 11.9 Å². The van der Waals surface area contributed by atoms with E-state index in [-0.39, 0.29) is 5.41 Å². The van der Waals surface area contributed by atoms with Gasteiger partial charge < -0.3 is 10.2 Å². The van der Waals surface area contributed by atoms with E-state index in [2.05, 4.69) is 22.1 Å². The molecule has 20 heavy (non-hydrogen) atoms. The van der Waals surface area contributed by atoms with Crippen molar-refractivity contribution in [1.82, 2.24) is 15.2 Å². The smallest absolute Gasteiger partial charge is 0.230 e. The van der Waals surface area contributed by atoms with Crippen molar-refractivity contribution in [2.24, 2.45) is 5.41 Å². The molecule has 4 heteroatoms. The van der Waals surface area contributed by atoms with Gasteiger partial charge in [0, 0.05) is 31.5 Å². The van der Waals surface area contributed by atoms with E-state index < -0.39 is 0 Å². The summed E-state index contributed by atoms with van der Waals surface area (Å²) in [4.78, 5) is 19.2. The molecule has 1 N–H and O–H groups in total. The Bertz CT molecular complexity index is 464. The van der Waals surface area contributed by atoms with E-state index in [0.717, 1.165) is 45.3 Å². The van der Waals surface area contributed by atoms with Gasteiger partial charge in [-0.2, -0.15) is 0 Å². The van der Waals surface area contributed by atoms with Crippen LogP contribution in [0.15, 0.2) is 24.5 Å². The molecule has 0 aromatic carbocycles. The Balaban J connectivity index is 1.78. The molecule has 0 bridgehead atoms. The summed E-state index contributed by atoms with van der Waals surface area (Å²) >= 11 is 0. The summed E-state index contributed by atoms with van der Waals surface area (Å²) in [7, 11) is 0. The second-order valence-corrected chi connectivity index (χ2v) is 6.08. The molecule has 1 aromatic rings. The first-order chi connectivity index (χ1) is 9.75. The van der Waals surface area contributed by atoms with Gasteiger partial charge in [0.25, 0.3) is 0 Å². The van der Waals surface area contributed by atoms with E-state index in [9.17, 15) is 4.79 Å². The molecule has 1 saturated carbocycles. The van der Waals surface area contributed by atoms with Crippen LogP contribution in [0.25, 0.3) is 0 Å². The van der Waals surface area contributed by atoms with Gasteiger partial charge in [-0.15, -0.1) is 0 Å². The minimum atomic E-state index is -0.171. The van der Waals surface area contributed by atoms with Crippen LogP contribution in [0.4, 0.5) is 0 Å². The molecule has 1 aliphatic carbocycles. The van der Waals surface area contributed by atoms with Crippen molar-refractivity contribution < 1.29 is 4.79 Å². The standard InChI is InChI=1S/C16H23N3O/c1-2-16(7-10-18-12-16)15(20)19(14-3-4-14)11-13-5-8-17-9-6-13/h5-6,8-9,14,18H,2-4,7,10-12H2,1H3. The monoisotopic (exact) mass is 273 g/mol. The maximum absolute atomic E-state index is 13.1. The fourth-order valence-corrected chi connectivity index (χ4v) is 3.12. The number of amides is 1. The van der Waals surface area contributed by atoms with E-state index in [1.54, 1.807) is 12.4 Å². The summed E-state index contributed by atoms with van der Waals surface area (Å²) in [5.74, 6) is 0.351. The lowest BCUT2D eigenvalue weighted by molar-refractivity contribution is -0.142. The highest BCUT2D eigenvalue weighted by Gasteiger charge is 2.45. The summed E-state index contributed by atoms with van der Waals surface area (Å²) in [6, 6.07) is 4.47. The quantitative estimate of drug-likeness (QED) is 0.892. The van der Waals surface area contributed by atoms with Crippen molar-refractivity contribution in [2.45, 2.75) is 45.2 Å². The van der Waals surface area contributed by atoms with Crippen LogP contribution in [0.5, 0.6) is 0 Å². The molecular weight excluding hydrogens is 250 g/mol. The minimum Gasteiger partial charge on any atom is -0.335 e. The molecule has 2 heterocycles. The van der Waals surface area contributed by atoms with Crippen LogP contribution in [-0.4, -0.2) is 34.9 Å². The number of nitrogens with one attached hydrogen (secondary N) is 1. The third-order valence-corrected chi connectivity index (χ3v) is 4.72. The fraction of sp³-hybridized carbons (Fsp3) is 0.625. The number of rotatable bonds is 5. The van der Waals surface area contributed by atoms with Gasteiger partial charge in [-0.05, 0) is 49.9 Å². The van der Waals surface area contributed by atoms with Crippen LogP contribution >= 0.6 is 0 Å². The zero-order valence-corrected chi connectivity index (χ0v) is 12.1. The molecule has 1 aliphatic heterocycles. The predicted molar refractivity (Wildman–Crippen MR) is 78.0 cm³/mol. The van der Waals surface area contributed by atoms with Crippen LogP contribution in [-0.2, 0) is 11.3 Å². The second kappa shape index (κ2) is 5.52. The van der Waals surface area contributed by atoms with Crippen LogP contribution in [0.3, 0.4) is 0 Å². The maximum Gasteiger partial charge on any atom is 0.230 e. The van der Waals surface area contributed by atoms with Crippen molar-refractivity contribution >= 4 is 5.91 Å². The van der Waals surface area contributed by atoms with Crippen molar-refractivity contribution in [2.75, 3.05) is 13.1 Å². The second-order valence-electron chi connectivity index (χ2n) is 6.08. The Kier molecular flexibility index (Phi) is 3.74. The van der Waals surface area contributed by atoms with Crippen LogP contribution in [0, 0.1) is 5.41 Å². The summed E-state index contributed by atoms with van der Waals surface area (Å²) < 4.78 is 0. The minimum absolute atomic E-state index is 0.171. The Morgan fingerprint density at radius 3 is 2.75 bits per heavy atom. The van der Waals surface area contributed by atoms with Gasteiger partial charge >= 0.3 is 0 Å². The molecule has 1 unspecified atom stereocenters. The normalized spacial score (nSPS) is 25.6. The number of pyridine rings is 1. The first-order valence-corrected chi connectivity index (χ1v) is 7.66. The maximum atomic E-state index is 13.1. The fourth-order valence-electron chi connectivity index (χ4n) is 3.12. The number of carbonyl (C=O) groups excluding carboxylic acids is 1. The molecule has 1 saturated heterocycles. The van der Waals surface area contributed by atoms with Gasteiger partial charge in [-0.1, -0.05) is 6.92 Å². The lowest BCUT2D eigenvalue weighted by atomic mass is 9.82. The summed E-state index contributed by atoms with van der Waals surface area (Å²) in [5.41, 5.74) is 1.01. The lowest BCUT2D eigenvalue weighted by Gasteiger charge is -2.33. The van der Waals surface area contributed by atoms with Gasteiger partial charge in [0.1, 0.15) is 0 Å². The molecule has 3 rings (SSSR count). The van der Waals surface area contributed by atoms with Crippen molar-refractivity contribution in [1.29, 1.82) is 0 Å². The van der Waals surface area contributed by atoms with Gasteiger partial charge in [-0.25, -0.2) is 0 Å². The highest BCUT2D eigenvalue weighted by Crippen LogP contribution is 2.37. The molecule has 1 amide bonds. The third-order valence-electron chi connectivity index (χ3n) is 4.72. The SMILES string of the molecule is CCC1(C(=O)N(Cc2ccncc2)C2CC2)CCNC1. The van der Waals surface area contributed by atoms with Crippen LogP contribution < -0.4 is 5.32 Å². The molecule has 2 fully saturated rings. The van der Waals surface area contributed by atoms with E-state index in [4.69, 9.17) is 0 Å². The number of hydrogen-bond acceptors (Lipinski definition) is 3. The third kappa shape index (κ3) is 2.57. The topological polar surface area (TPSA) is 45.2 Å². The van der Waals surface area contributed by atoms with Crippen LogP contribution in [0.1, 0.15) is 38.2 Å². The Morgan fingerprint density at radius 1 is 1.45 bits per heavy atom. The highest BCUT2D eigenvalue weighted by atomic mass is 16.2. The zero-order chi connectivity index (χ0) is 14.0. The Labute approximate surface area is 120 Å². The Hall–Kier alpha value is -1.42. The average Bonchev–Trinajstić information content (AvgIpc) is 3.22. The van der Waals surface area contributed by atoms with E-state index in [1.807, 2.05) is 12.1 Å².